The van der Waals surface area contributed by atoms with E-state index < -0.39 is 10.0 Å². The standard InChI is InChI=1S/C21H27N3O3S2/c1-15-7-8-16(2)19(13-15)23-21(28)22-18-10-9-17(14-20(18)27-3)29(25,26)24-11-5-4-6-12-24/h7-10,13-14H,4-6,11-12H2,1-3H3,(H2,22,23,28). The van der Waals surface area contributed by atoms with E-state index in [0.717, 1.165) is 36.1 Å². The van der Waals surface area contributed by atoms with Crippen molar-refractivity contribution in [3.63, 3.8) is 0 Å². The Kier molecular flexibility index (Phi) is 6.77. The number of benzene rings is 2. The summed E-state index contributed by atoms with van der Waals surface area (Å²) in [6, 6.07) is 10.9. The van der Waals surface area contributed by atoms with Crippen LogP contribution in [0.2, 0.25) is 0 Å². The molecule has 8 heteroatoms. The summed E-state index contributed by atoms with van der Waals surface area (Å²) >= 11 is 5.43. The second-order valence-corrected chi connectivity index (χ2v) is 9.57. The lowest BCUT2D eigenvalue weighted by atomic mass is 10.1. The van der Waals surface area contributed by atoms with E-state index in [2.05, 4.69) is 10.6 Å². The highest BCUT2D eigenvalue weighted by atomic mass is 32.2. The maximum Gasteiger partial charge on any atom is 0.243 e. The lowest BCUT2D eigenvalue weighted by molar-refractivity contribution is 0.346. The van der Waals surface area contributed by atoms with Crippen LogP contribution in [0.5, 0.6) is 5.75 Å². The van der Waals surface area contributed by atoms with E-state index in [1.807, 2.05) is 32.0 Å². The molecule has 156 valence electrons. The highest BCUT2D eigenvalue weighted by Crippen LogP contribution is 2.30. The number of nitrogens with one attached hydrogen (secondary N) is 2. The van der Waals surface area contributed by atoms with Crippen LogP contribution in [0, 0.1) is 13.8 Å². The highest BCUT2D eigenvalue weighted by Gasteiger charge is 2.26. The quantitative estimate of drug-likeness (QED) is 0.686. The van der Waals surface area contributed by atoms with Crippen LogP contribution in [0.25, 0.3) is 0 Å². The molecule has 3 rings (SSSR count). The number of sulfonamides is 1. The van der Waals surface area contributed by atoms with Gasteiger partial charge in [0.2, 0.25) is 10.0 Å². The lowest BCUT2D eigenvalue weighted by Crippen LogP contribution is -2.35. The Morgan fingerprint density at radius 1 is 1.00 bits per heavy atom. The molecule has 2 N–H and O–H groups in total. The third-order valence-electron chi connectivity index (χ3n) is 5.02. The summed E-state index contributed by atoms with van der Waals surface area (Å²) < 4.78 is 32.8. The predicted octanol–water partition coefficient (Wildman–Crippen LogP) is 4.30. The number of nitrogens with zero attached hydrogens (tertiary/aromatic N) is 1. The Balaban J connectivity index is 1.78. The smallest absolute Gasteiger partial charge is 0.243 e. The average molecular weight is 434 g/mol. The third-order valence-corrected chi connectivity index (χ3v) is 7.11. The first kappa shape index (κ1) is 21.5. The molecule has 0 aromatic heterocycles. The van der Waals surface area contributed by atoms with Gasteiger partial charge in [-0.2, -0.15) is 4.31 Å². The summed E-state index contributed by atoms with van der Waals surface area (Å²) in [6.07, 6.45) is 2.87. The molecule has 1 fully saturated rings. The first-order chi connectivity index (χ1) is 13.8. The minimum atomic E-state index is -3.52. The SMILES string of the molecule is COc1cc(S(=O)(=O)N2CCCCC2)ccc1NC(=S)Nc1cc(C)ccc1C. The fourth-order valence-electron chi connectivity index (χ4n) is 3.34. The summed E-state index contributed by atoms with van der Waals surface area (Å²) in [4.78, 5) is 0.232. The first-order valence-corrected chi connectivity index (χ1v) is 11.5. The number of anilines is 2. The van der Waals surface area contributed by atoms with Crippen LogP contribution in [0.15, 0.2) is 41.3 Å². The van der Waals surface area contributed by atoms with Crippen LogP contribution < -0.4 is 15.4 Å². The van der Waals surface area contributed by atoms with Crippen molar-refractivity contribution in [3.05, 3.63) is 47.5 Å². The molecule has 2 aromatic carbocycles. The molecule has 1 saturated heterocycles. The summed E-state index contributed by atoms with van der Waals surface area (Å²) in [5.74, 6) is 0.424. The van der Waals surface area contributed by atoms with Crippen LogP contribution in [0.1, 0.15) is 30.4 Å². The van der Waals surface area contributed by atoms with Gasteiger partial charge in [-0.05, 0) is 68.2 Å². The molecule has 6 nitrogen and oxygen atoms in total. The number of piperidine rings is 1. The second kappa shape index (κ2) is 9.11. The number of aryl methyl sites for hydroxylation is 2. The fourth-order valence-corrected chi connectivity index (χ4v) is 5.09. The fraction of sp³-hybridized carbons (Fsp3) is 0.381. The molecule has 0 unspecified atom stereocenters. The van der Waals surface area contributed by atoms with Crippen LogP contribution in [-0.2, 0) is 10.0 Å². The Morgan fingerprint density at radius 2 is 1.69 bits per heavy atom. The van der Waals surface area contributed by atoms with Crippen molar-refractivity contribution in [3.8, 4) is 5.75 Å². The Bertz CT molecular complexity index is 1000. The van der Waals surface area contributed by atoms with Crippen molar-refractivity contribution in [2.45, 2.75) is 38.0 Å². The third kappa shape index (κ3) is 5.07. The van der Waals surface area contributed by atoms with E-state index in [1.54, 1.807) is 22.5 Å². The Morgan fingerprint density at radius 3 is 2.38 bits per heavy atom. The van der Waals surface area contributed by atoms with Gasteiger partial charge in [0, 0.05) is 24.8 Å². The van der Waals surface area contributed by atoms with Crippen molar-refractivity contribution >= 4 is 38.7 Å². The van der Waals surface area contributed by atoms with E-state index in [9.17, 15) is 8.42 Å². The van der Waals surface area contributed by atoms with Crippen molar-refractivity contribution in [2.24, 2.45) is 0 Å². The Labute approximate surface area is 178 Å². The van der Waals surface area contributed by atoms with Crippen LogP contribution >= 0.6 is 12.2 Å². The van der Waals surface area contributed by atoms with Gasteiger partial charge >= 0.3 is 0 Å². The molecule has 0 saturated carbocycles. The second-order valence-electron chi connectivity index (χ2n) is 7.22. The number of rotatable bonds is 5. The summed E-state index contributed by atoms with van der Waals surface area (Å²) in [5.41, 5.74) is 3.74. The van der Waals surface area contributed by atoms with Crippen molar-refractivity contribution in [2.75, 3.05) is 30.8 Å². The van der Waals surface area contributed by atoms with Gasteiger partial charge in [-0.3, -0.25) is 0 Å². The van der Waals surface area contributed by atoms with E-state index in [4.69, 9.17) is 17.0 Å². The molecule has 0 spiro atoms. The summed E-state index contributed by atoms with van der Waals surface area (Å²) in [5, 5.41) is 6.69. The minimum absolute atomic E-state index is 0.232. The first-order valence-electron chi connectivity index (χ1n) is 9.65. The number of hydrogen-bond donors (Lipinski definition) is 2. The zero-order valence-electron chi connectivity index (χ0n) is 17.0. The number of methoxy groups -OCH3 is 1. The average Bonchev–Trinajstić information content (AvgIpc) is 2.71. The normalized spacial score (nSPS) is 15.0. The van der Waals surface area contributed by atoms with Crippen LogP contribution in [0.4, 0.5) is 11.4 Å². The van der Waals surface area contributed by atoms with E-state index in [0.29, 0.717) is 29.6 Å². The molecule has 1 aliphatic heterocycles. The predicted molar refractivity (Wildman–Crippen MR) is 121 cm³/mol. The summed E-state index contributed by atoms with van der Waals surface area (Å²) in [7, 11) is -2.01. The van der Waals surface area contributed by atoms with Crippen molar-refractivity contribution in [1.29, 1.82) is 0 Å². The number of hydrogen-bond acceptors (Lipinski definition) is 4. The molecular formula is C21H27N3O3S2. The Hall–Kier alpha value is -2.16. The van der Waals surface area contributed by atoms with E-state index >= 15 is 0 Å². The van der Waals surface area contributed by atoms with Gasteiger partial charge in [0.15, 0.2) is 5.11 Å². The highest BCUT2D eigenvalue weighted by molar-refractivity contribution is 7.89. The zero-order chi connectivity index (χ0) is 21.0. The van der Waals surface area contributed by atoms with Crippen LogP contribution in [0.3, 0.4) is 0 Å². The van der Waals surface area contributed by atoms with Gasteiger partial charge in [0.05, 0.1) is 17.7 Å². The number of ether oxygens (including phenoxy) is 1. The van der Waals surface area contributed by atoms with Crippen molar-refractivity contribution in [1.82, 2.24) is 4.31 Å². The van der Waals surface area contributed by atoms with Gasteiger partial charge < -0.3 is 15.4 Å². The topological polar surface area (TPSA) is 70.7 Å². The molecule has 1 aliphatic rings. The minimum Gasteiger partial charge on any atom is -0.495 e. The maximum absolute atomic E-state index is 12.9. The van der Waals surface area contributed by atoms with Gasteiger partial charge in [-0.25, -0.2) is 8.42 Å². The lowest BCUT2D eigenvalue weighted by Gasteiger charge is -2.26. The van der Waals surface area contributed by atoms with E-state index in [1.165, 1.54) is 7.11 Å². The summed E-state index contributed by atoms with van der Waals surface area (Å²) in [6.45, 7) is 5.15. The molecular weight excluding hydrogens is 406 g/mol. The van der Waals surface area contributed by atoms with Gasteiger partial charge in [0.25, 0.3) is 0 Å². The van der Waals surface area contributed by atoms with Gasteiger partial charge in [-0.15, -0.1) is 0 Å². The van der Waals surface area contributed by atoms with Crippen LogP contribution in [-0.4, -0.2) is 38.0 Å². The van der Waals surface area contributed by atoms with Crippen molar-refractivity contribution < 1.29 is 13.2 Å². The molecule has 1 heterocycles. The van der Waals surface area contributed by atoms with Gasteiger partial charge in [-0.1, -0.05) is 18.6 Å². The monoisotopic (exact) mass is 433 g/mol. The maximum atomic E-state index is 12.9. The molecule has 29 heavy (non-hydrogen) atoms. The molecule has 0 aliphatic carbocycles. The number of thiocarbonyl (C=S) groups is 1. The van der Waals surface area contributed by atoms with E-state index in [-0.39, 0.29) is 4.90 Å². The molecule has 2 aromatic rings. The molecule has 0 radical (unpaired) electrons. The molecule has 0 amide bonds. The largest absolute Gasteiger partial charge is 0.495 e. The zero-order valence-corrected chi connectivity index (χ0v) is 18.6. The molecule has 0 atom stereocenters. The molecule has 0 bridgehead atoms. The van der Waals surface area contributed by atoms with Gasteiger partial charge in [0.1, 0.15) is 5.75 Å².